The number of cyclic esters (lactones) is 1. The highest BCUT2D eigenvalue weighted by molar-refractivity contribution is 14.1. The first-order valence-electron chi connectivity index (χ1n) is 7.80. The van der Waals surface area contributed by atoms with Crippen molar-refractivity contribution in [3.8, 4) is 11.5 Å². The molecule has 1 aliphatic rings. The molecule has 1 heterocycles. The fourth-order valence-corrected chi connectivity index (χ4v) is 3.30. The maximum atomic E-state index is 12.1. The summed E-state index contributed by atoms with van der Waals surface area (Å²) in [4.78, 5) is 16.4. The van der Waals surface area contributed by atoms with Crippen LogP contribution in [-0.2, 0) is 9.53 Å². The average molecular weight is 484 g/mol. The van der Waals surface area contributed by atoms with Crippen molar-refractivity contribution in [2.45, 2.75) is 6.92 Å². The first-order chi connectivity index (χ1) is 12.5. The lowest BCUT2D eigenvalue weighted by Crippen LogP contribution is -2.05. The number of ether oxygens (including phenoxy) is 3. The third-order valence-electron chi connectivity index (χ3n) is 3.56. The second kappa shape index (κ2) is 8.09. The molecule has 0 bridgehead atoms. The van der Waals surface area contributed by atoms with Gasteiger partial charge in [0, 0.05) is 10.6 Å². The summed E-state index contributed by atoms with van der Waals surface area (Å²) in [5.74, 6) is 1.03. The van der Waals surface area contributed by atoms with Gasteiger partial charge in [0.1, 0.15) is 0 Å². The van der Waals surface area contributed by atoms with Gasteiger partial charge in [0.05, 0.1) is 17.3 Å². The zero-order valence-corrected chi connectivity index (χ0v) is 17.0. The predicted octanol–water partition coefficient (Wildman–Crippen LogP) is 4.70. The van der Waals surface area contributed by atoms with E-state index in [0.29, 0.717) is 28.7 Å². The lowest BCUT2D eigenvalue weighted by atomic mass is 10.1. The number of carbonyl (C=O) groups excluding carboxylic acids is 1. The number of aliphatic imine (C=N–C) groups is 1. The van der Waals surface area contributed by atoms with Gasteiger partial charge in [-0.2, -0.15) is 0 Å². The molecule has 0 aliphatic carbocycles. The molecule has 0 spiro atoms. The Morgan fingerprint density at radius 3 is 2.65 bits per heavy atom. The van der Waals surface area contributed by atoms with E-state index in [1.807, 2.05) is 13.0 Å². The number of methoxy groups -OCH3 is 1. The summed E-state index contributed by atoms with van der Waals surface area (Å²) in [6.07, 6.45) is 1.66. The number of hydrogen-bond donors (Lipinski definition) is 0. The summed E-state index contributed by atoms with van der Waals surface area (Å²) in [7, 11) is 1.57. The summed E-state index contributed by atoms with van der Waals surface area (Å²) in [5, 5.41) is 0.602. The van der Waals surface area contributed by atoms with Gasteiger partial charge in [-0.05, 0) is 77.6 Å². The SMILES string of the molecule is CCOc1c(I)cc(/C=C2\N=C(c3ccc(Cl)cc3)OC2=O)cc1OC. The minimum absolute atomic E-state index is 0.219. The highest BCUT2D eigenvalue weighted by Crippen LogP contribution is 2.35. The predicted molar refractivity (Wildman–Crippen MR) is 109 cm³/mol. The summed E-state index contributed by atoms with van der Waals surface area (Å²) in [6, 6.07) is 10.6. The fraction of sp³-hybridized carbons (Fsp3) is 0.158. The lowest BCUT2D eigenvalue weighted by molar-refractivity contribution is -0.129. The Morgan fingerprint density at radius 2 is 2.00 bits per heavy atom. The highest BCUT2D eigenvalue weighted by atomic mass is 127. The van der Waals surface area contributed by atoms with E-state index in [2.05, 4.69) is 27.6 Å². The standard InChI is InChI=1S/C19H15ClINO4/c1-3-25-17-14(21)8-11(10-16(17)24-2)9-15-19(23)26-18(22-15)12-4-6-13(20)7-5-12/h4-10H,3H2,1-2H3/b15-9-. The van der Waals surface area contributed by atoms with Crippen molar-refractivity contribution in [3.05, 3.63) is 61.8 Å². The van der Waals surface area contributed by atoms with Gasteiger partial charge in [-0.1, -0.05) is 11.6 Å². The molecule has 2 aromatic carbocycles. The third-order valence-corrected chi connectivity index (χ3v) is 4.61. The number of benzene rings is 2. The molecule has 0 saturated carbocycles. The van der Waals surface area contributed by atoms with Crippen LogP contribution in [-0.4, -0.2) is 25.6 Å². The van der Waals surface area contributed by atoms with Gasteiger partial charge in [0.25, 0.3) is 0 Å². The van der Waals surface area contributed by atoms with Gasteiger partial charge in [-0.25, -0.2) is 9.79 Å². The number of hydrogen-bond acceptors (Lipinski definition) is 5. The van der Waals surface area contributed by atoms with E-state index in [-0.39, 0.29) is 11.6 Å². The molecular weight excluding hydrogens is 469 g/mol. The van der Waals surface area contributed by atoms with Crippen molar-refractivity contribution in [2.75, 3.05) is 13.7 Å². The molecule has 1 aliphatic heterocycles. The number of esters is 1. The Balaban J connectivity index is 1.95. The van der Waals surface area contributed by atoms with E-state index in [9.17, 15) is 4.79 Å². The Morgan fingerprint density at radius 1 is 1.27 bits per heavy atom. The monoisotopic (exact) mass is 483 g/mol. The van der Waals surface area contributed by atoms with Gasteiger partial charge >= 0.3 is 5.97 Å². The van der Waals surface area contributed by atoms with Crippen LogP contribution in [0.25, 0.3) is 6.08 Å². The molecule has 0 N–H and O–H groups in total. The lowest BCUT2D eigenvalue weighted by Gasteiger charge is -2.12. The zero-order chi connectivity index (χ0) is 18.7. The van der Waals surface area contributed by atoms with Crippen molar-refractivity contribution in [1.29, 1.82) is 0 Å². The Labute approximate surface area is 169 Å². The largest absolute Gasteiger partial charge is 0.493 e. The van der Waals surface area contributed by atoms with E-state index in [1.54, 1.807) is 43.5 Å². The molecule has 0 saturated heterocycles. The van der Waals surface area contributed by atoms with Crippen molar-refractivity contribution < 1.29 is 19.0 Å². The maximum absolute atomic E-state index is 12.1. The Hall–Kier alpha value is -2.06. The number of carbonyl (C=O) groups is 1. The van der Waals surface area contributed by atoms with Crippen molar-refractivity contribution >= 4 is 52.1 Å². The van der Waals surface area contributed by atoms with Crippen LogP contribution >= 0.6 is 34.2 Å². The molecule has 2 aromatic rings. The van der Waals surface area contributed by atoms with E-state index < -0.39 is 5.97 Å². The second-order valence-electron chi connectivity index (χ2n) is 5.31. The first kappa shape index (κ1) is 18.7. The molecule has 0 radical (unpaired) electrons. The Bertz CT molecular complexity index is 907. The van der Waals surface area contributed by atoms with Gasteiger partial charge in [-0.15, -0.1) is 0 Å². The van der Waals surface area contributed by atoms with E-state index in [4.69, 9.17) is 25.8 Å². The van der Waals surface area contributed by atoms with Gasteiger partial charge < -0.3 is 14.2 Å². The smallest absolute Gasteiger partial charge is 0.363 e. The van der Waals surface area contributed by atoms with Crippen LogP contribution in [0.5, 0.6) is 11.5 Å². The molecule has 7 heteroatoms. The normalized spacial score (nSPS) is 15.0. The minimum atomic E-state index is -0.502. The van der Waals surface area contributed by atoms with Crippen LogP contribution < -0.4 is 9.47 Å². The fourth-order valence-electron chi connectivity index (χ4n) is 2.39. The van der Waals surface area contributed by atoms with E-state index in [0.717, 1.165) is 9.13 Å². The molecule has 3 rings (SSSR count). The number of rotatable bonds is 5. The van der Waals surface area contributed by atoms with E-state index in [1.165, 1.54) is 0 Å². The number of halogens is 2. The van der Waals surface area contributed by atoms with Gasteiger partial charge in [0.2, 0.25) is 5.90 Å². The topological polar surface area (TPSA) is 57.1 Å². The summed E-state index contributed by atoms with van der Waals surface area (Å²) in [5.41, 5.74) is 1.67. The minimum Gasteiger partial charge on any atom is -0.493 e. The molecule has 0 unspecified atom stereocenters. The molecular formula is C19H15ClINO4. The van der Waals surface area contributed by atoms with Gasteiger partial charge in [0.15, 0.2) is 17.2 Å². The quantitative estimate of drug-likeness (QED) is 0.352. The average Bonchev–Trinajstić information content (AvgIpc) is 2.98. The molecule has 26 heavy (non-hydrogen) atoms. The third kappa shape index (κ3) is 4.02. The maximum Gasteiger partial charge on any atom is 0.363 e. The highest BCUT2D eigenvalue weighted by Gasteiger charge is 2.24. The van der Waals surface area contributed by atoms with Crippen LogP contribution in [0.1, 0.15) is 18.1 Å². The molecule has 0 fully saturated rings. The molecule has 0 amide bonds. The van der Waals surface area contributed by atoms with Crippen molar-refractivity contribution in [3.63, 3.8) is 0 Å². The zero-order valence-electron chi connectivity index (χ0n) is 14.1. The number of nitrogens with zero attached hydrogens (tertiary/aromatic N) is 1. The van der Waals surface area contributed by atoms with Crippen LogP contribution in [0, 0.1) is 3.57 Å². The summed E-state index contributed by atoms with van der Waals surface area (Å²) in [6.45, 7) is 2.45. The molecule has 0 aromatic heterocycles. The van der Waals surface area contributed by atoms with Crippen LogP contribution in [0.4, 0.5) is 0 Å². The van der Waals surface area contributed by atoms with Crippen molar-refractivity contribution in [2.24, 2.45) is 4.99 Å². The van der Waals surface area contributed by atoms with Crippen LogP contribution in [0.2, 0.25) is 5.02 Å². The molecule has 5 nitrogen and oxygen atoms in total. The first-order valence-corrected chi connectivity index (χ1v) is 9.26. The Kier molecular flexibility index (Phi) is 5.83. The van der Waals surface area contributed by atoms with Gasteiger partial charge in [-0.3, -0.25) is 0 Å². The molecule has 134 valence electrons. The van der Waals surface area contributed by atoms with E-state index >= 15 is 0 Å². The van der Waals surface area contributed by atoms with Crippen molar-refractivity contribution in [1.82, 2.24) is 0 Å². The molecule has 0 atom stereocenters. The summed E-state index contributed by atoms with van der Waals surface area (Å²) >= 11 is 8.05. The summed E-state index contributed by atoms with van der Waals surface area (Å²) < 4.78 is 17.1. The van der Waals surface area contributed by atoms with Crippen LogP contribution in [0.15, 0.2) is 47.1 Å². The second-order valence-corrected chi connectivity index (χ2v) is 6.91. The van der Waals surface area contributed by atoms with Crippen LogP contribution in [0.3, 0.4) is 0 Å².